The zero-order chi connectivity index (χ0) is 16.3. The molecule has 0 rings (SSSR count). The number of rotatable bonds is 16. The Morgan fingerprint density at radius 2 is 1.14 bits per heavy atom. The summed E-state index contributed by atoms with van der Waals surface area (Å²) in [4.78, 5) is 10.3. The molecule has 0 aliphatic rings. The molecule has 0 bridgehead atoms. The molecule has 1 N–H and O–H groups in total. The van der Waals surface area contributed by atoms with Gasteiger partial charge in [-0.2, -0.15) is 0 Å². The zero-order valence-corrected chi connectivity index (χ0v) is 14.6. The van der Waals surface area contributed by atoms with E-state index in [9.17, 15) is 4.79 Å². The van der Waals surface area contributed by atoms with Crippen LogP contribution in [0.5, 0.6) is 0 Å². The van der Waals surface area contributed by atoms with E-state index in [4.69, 9.17) is 5.11 Å². The van der Waals surface area contributed by atoms with E-state index in [1.807, 2.05) is 0 Å². The summed E-state index contributed by atoms with van der Waals surface area (Å²) in [7, 11) is 0. The van der Waals surface area contributed by atoms with Crippen LogP contribution in [0.25, 0.3) is 0 Å². The largest absolute Gasteiger partial charge is 0.481 e. The Morgan fingerprint density at radius 3 is 1.68 bits per heavy atom. The van der Waals surface area contributed by atoms with Crippen LogP contribution in [-0.2, 0) is 4.79 Å². The standard InChI is InChI=1S/C20H36O2/c1-2-3-4-5-6-7-8-9-10-11-12-13-14-15-16-17-18-19-20(21)22/h11-12,15-16H,2-10,13-14,17-19H2,1H3,(H,21,22)/b12-11-,16-15-. The molecule has 0 atom stereocenters. The van der Waals surface area contributed by atoms with Gasteiger partial charge in [-0.3, -0.25) is 4.79 Å². The van der Waals surface area contributed by atoms with Crippen molar-refractivity contribution in [1.82, 2.24) is 0 Å². The number of hydrogen-bond acceptors (Lipinski definition) is 1. The van der Waals surface area contributed by atoms with Crippen LogP contribution in [0.2, 0.25) is 0 Å². The average Bonchev–Trinajstić information content (AvgIpc) is 2.50. The Balaban J connectivity index is 3.17. The van der Waals surface area contributed by atoms with Gasteiger partial charge >= 0.3 is 5.97 Å². The van der Waals surface area contributed by atoms with Gasteiger partial charge in [0, 0.05) is 6.42 Å². The molecule has 0 aliphatic carbocycles. The van der Waals surface area contributed by atoms with Crippen LogP contribution in [0, 0.1) is 0 Å². The Hall–Kier alpha value is -1.05. The molecule has 2 nitrogen and oxygen atoms in total. The predicted octanol–water partition coefficient (Wildman–Crippen LogP) is 6.66. The molecular weight excluding hydrogens is 272 g/mol. The lowest BCUT2D eigenvalue weighted by molar-refractivity contribution is -0.137. The molecule has 0 fully saturated rings. The maximum absolute atomic E-state index is 10.3. The summed E-state index contributed by atoms with van der Waals surface area (Å²) in [5.41, 5.74) is 0. The quantitative estimate of drug-likeness (QED) is 0.255. The van der Waals surface area contributed by atoms with Crippen molar-refractivity contribution in [3.8, 4) is 0 Å². The van der Waals surface area contributed by atoms with Crippen LogP contribution >= 0.6 is 0 Å². The SMILES string of the molecule is CCCCCCCCCC/C=C\CC/C=C\CCCC(=O)O. The van der Waals surface area contributed by atoms with E-state index in [0.29, 0.717) is 0 Å². The van der Waals surface area contributed by atoms with Crippen molar-refractivity contribution >= 4 is 5.97 Å². The molecule has 0 spiro atoms. The van der Waals surface area contributed by atoms with Crippen LogP contribution in [0.3, 0.4) is 0 Å². The van der Waals surface area contributed by atoms with Gasteiger partial charge in [0.25, 0.3) is 0 Å². The van der Waals surface area contributed by atoms with Crippen LogP contribution < -0.4 is 0 Å². The van der Waals surface area contributed by atoms with E-state index in [1.165, 1.54) is 57.8 Å². The second-order valence-electron chi connectivity index (χ2n) is 6.07. The Morgan fingerprint density at radius 1 is 0.682 bits per heavy atom. The highest BCUT2D eigenvalue weighted by Crippen LogP contribution is 2.10. The maximum atomic E-state index is 10.3. The lowest BCUT2D eigenvalue weighted by Crippen LogP contribution is -1.92. The Kier molecular flexibility index (Phi) is 17.1. The van der Waals surface area contributed by atoms with Gasteiger partial charge in [-0.05, 0) is 38.5 Å². The van der Waals surface area contributed by atoms with Crippen molar-refractivity contribution in [3.05, 3.63) is 24.3 Å². The summed E-state index contributed by atoms with van der Waals surface area (Å²) in [5.74, 6) is -0.697. The minimum atomic E-state index is -0.697. The summed E-state index contributed by atoms with van der Waals surface area (Å²) in [6.45, 7) is 2.27. The monoisotopic (exact) mass is 308 g/mol. The number of carbonyl (C=O) groups is 1. The molecule has 22 heavy (non-hydrogen) atoms. The molecule has 0 aromatic carbocycles. The molecule has 0 aliphatic heterocycles. The van der Waals surface area contributed by atoms with Crippen molar-refractivity contribution < 1.29 is 9.90 Å². The fourth-order valence-electron chi connectivity index (χ4n) is 2.43. The number of unbranched alkanes of at least 4 members (excludes halogenated alkanes) is 10. The minimum absolute atomic E-state index is 0.281. The highest BCUT2D eigenvalue weighted by atomic mass is 16.4. The first-order valence-electron chi connectivity index (χ1n) is 9.29. The summed E-state index contributed by atoms with van der Waals surface area (Å²) < 4.78 is 0. The lowest BCUT2D eigenvalue weighted by Gasteiger charge is -1.99. The number of allylic oxidation sites excluding steroid dienone is 4. The molecule has 0 amide bonds. The molecule has 0 aromatic rings. The highest BCUT2D eigenvalue weighted by Gasteiger charge is 1.93. The average molecular weight is 309 g/mol. The van der Waals surface area contributed by atoms with E-state index in [2.05, 4.69) is 31.2 Å². The predicted molar refractivity (Wildman–Crippen MR) is 96.2 cm³/mol. The Labute approximate surface area is 137 Å². The molecule has 0 radical (unpaired) electrons. The van der Waals surface area contributed by atoms with Crippen molar-refractivity contribution in [2.24, 2.45) is 0 Å². The van der Waals surface area contributed by atoms with Crippen LogP contribution in [0.15, 0.2) is 24.3 Å². The van der Waals surface area contributed by atoms with E-state index in [0.717, 1.165) is 25.7 Å². The highest BCUT2D eigenvalue weighted by molar-refractivity contribution is 5.66. The number of carboxylic acid groups (broad SMARTS) is 1. The van der Waals surface area contributed by atoms with E-state index < -0.39 is 5.97 Å². The Bertz CT molecular complexity index is 292. The summed E-state index contributed by atoms with van der Waals surface area (Å²) >= 11 is 0. The number of hydrogen-bond donors (Lipinski definition) is 1. The van der Waals surface area contributed by atoms with Crippen molar-refractivity contribution in [3.63, 3.8) is 0 Å². The summed E-state index contributed by atoms with van der Waals surface area (Å²) in [6, 6.07) is 0. The van der Waals surface area contributed by atoms with Crippen molar-refractivity contribution in [2.75, 3.05) is 0 Å². The minimum Gasteiger partial charge on any atom is -0.481 e. The van der Waals surface area contributed by atoms with Gasteiger partial charge < -0.3 is 5.11 Å². The van der Waals surface area contributed by atoms with E-state index in [1.54, 1.807) is 0 Å². The van der Waals surface area contributed by atoms with Gasteiger partial charge in [-0.1, -0.05) is 76.2 Å². The molecule has 2 heteroatoms. The van der Waals surface area contributed by atoms with Gasteiger partial charge in [0.1, 0.15) is 0 Å². The normalized spacial score (nSPS) is 11.7. The molecule has 0 aromatic heterocycles. The van der Waals surface area contributed by atoms with Crippen LogP contribution in [0.4, 0.5) is 0 Å². The van der Waals surface area contributed by atoms with Gasteiger partial charge in [0.05, 0.1) is 0 Å². The smallest absolute Gasteiger partial charge is 0.303 e. The van der Waals surface area contributed by atoms with Crippen LogP contribution in [0.1, 0.15) is 96.8 Å². The second kappa shape index (κ2) is 18.0. The van der Waals surface area contributed by atoms with Gasteiger partial charge in [-0.25, -0.2) is 0 Å². The molecule has 0 unspecified atom stereocenters. The van der Waals surface area contributed by atoms with Crippen molar-refractivity contribution in [1.29, 1.82) is 0 Å². The van der Waals surface area contributed by atoms with E-state index in [-0.39, 0.29) is 6.42 Å². The molecule has 0 saturated heterocycles. The molecule has 128 valence electrons. The fraction of sp³-hybridized carbons (Fsp3) is 0.750. The second-order valence-corrected chi connectivity index (χ2v) is 6.07. The van der Waals surface area contributed by atoms with Gasteiger partial charge in [0.2, 0.25) is 0 Å². The zero-order valence-electron chi connectivity index (χ0n) is 14.6. The van der Waals surface area contributed by atoms with Gasteiger partial charge in [-0.15, -0.1) is 0 Å². The first kappa shape index (κ1) is 20.9. The number of aliphatic carboxylic acids is 1. The first-order valence-corrected chi connectivity index (χ1v) is 9.29. The maximum Gasteiger partial charge on any atom is 0.303 e. The van der Waals surface area contributed by atoms with Crippen molar-refractivity contribution in [2.45, 2.75) is 96.8 Å². The third-order valence-corrected chi connectivity index (χ3v) is 3.82. The summed E-state index contributed by atoms with van der Waals surface area (Å²) in [5, 5.41) is 8.51. The van der Waals surface area contributed by atoms with Crippen LogP contribution in [-0.4, -0.2) is 11.1 Å². The summed E-state index contributed by atoms with van der Waals surface area (Å²) in [6.07, 6.45) is 25.3. The molecule has 0 heterocycles. The number of carboxylic acids is 1. The first-order chi connectivity index (χ1) is 10.8. The third-order valence-electron chi connectivity index (χ3n) is 3.82. The van der Waals surface area contributed by atoms with E-state index >= 15 is 0 Å². The van der Waals surface area contributed by atoms with Gasteiger partial charge in [0.15, 0.2) is 0 Å². The topological polar surface area (TPSA) is 37.3 Å². The fourth-order valence-corrected chi connectivity index (χ4v) is 2.43. The molecular formula is C20H36O2. The third kappa shape index (κ3) is 18.9. The lowest BCUT2D eigenvalue weighted by atomic mass is 10.1. The molecule has 0 saturated carbocycles.